The zero-order chi connectivity index (χ0) is 12.1. The first-order valence-electron chi connectivity index (χ1n) is 4.67. The van der Waals surface area contributed by atoms with Crippen LogP contribution in [0.3, 0.4) is 0 Å². The Morgan fingerprint density at radius 2 is 2.19 bits per heavy atom. The maximum absolute atomic E-state index is 11.2. The molecule has 0 aromatic carbocycles. The second-order valence-corrected chi connectivity index (χ2v) is 3.43. The molecule has 0 saturated heterocycles. The van der Waals surface area contributed by atoms with Crippen molar-refractivity contribution in [2.24, 2.45) is 5.92 Å². The van der Waals surface area contributed by atoms with Crippen molar-refractivity contribution < 1.29 is 9.72 Å². The zero-order valence-electron chi connectivity index (χ0n) is 8.93. The van der Waals surface area contributed by atoms with Crippen LogP contribution >= 0.6 is 0 Å². The Bertz CT molecular complexity index is 388. The molecule has 1 amide bonds. The van der Waals surface area contributed by atoms with Crippen molar-refractivity contribution in [3.05, 3.63) is 28.4 Å². The van der Waals surface area contributed by atoms with Gasteiger partial charge in [-0.3, -0.25) is 25.8 Å². The van der Waals surface area contributed by atoms with E-state index in [2.05, 4.69) is 15.8 Å². The van der Waals surface area contributed by atoms with Gasteiger partial charge in [-0.05, 0) is 6.07 Å². The number of hydrogen-bond donors (Lipinski definition) is 2. The Morgan fingerprint density at radius 1 is 1.50 bits per heavy atom. The zero-order valence-corrected chi connectivity index (χ0v) is 8.93. The van der Waals surface area contributed by atoms with Crippen LogP contribution in [-0.4, -0.2) is 15.8 Å². The maximum Gasteiger partial charge on any atom is 0.287 e. The van der Waals surface area contributed by atoms with Crippen molar-refractivity contribution in [3.63, 3.8) is 0 Å². The normalized spacial score (nSPS) is 9.94. The van der Waals surface area contributed by atoms with Gasteiger partial charge in [0.05, 0.1) is 4.92 Å². The highest BCUT2D eigenvalue weighted by Gasteiger charge is 2.07. The van der Waals surface area contributed by atoms with Crippen LogP contribution in [0.25, 0.3) is 0 Å². The number of nitrogens with one attached hydrogen (secondary N) is 2. The summed E-state index contributed by atoms with van der Waals surface area (Å²) in [5.41, 5.74) is 4.89. The highest BCUT2D eigenvalue weighted by Crippen LogP contribution is 2.10. The van der Waals surface area contributed by atoms with Crippen molar-refractivity contribution in [1.82, 2.24) is 10.4 Å². The molecule has 1 heterocycles. The number of rotatable bonds is 4. The van der Waals surface area contributed by atoms with Gasteiger partial charge in [0, 0.05) is 12.0 Å². The largest absolute Gasteiger partial charge is 0.287 e. The van der Waals surface area contributed by atoms with Crippen molar-refractivity contribution in [2.45, 2.75) is 13.8 Å². The van der Waals surface area contributed by atoms with Gasteiger partial charge in [0.2, 0.25) is 5.91 Å². The van der Waals surface area contributed by atoms with Crippen molar-refractivity contribution >= 4 is 17.4 Å². The van der Waals surface area contributed by atoms with E-state index in [1.54, 1.807) is 13.8 Å². The van der Waals surface area contributed by atoms with E-state index in [0.717, 1.165) is 6.20 Å². The van der Waals surface area contributed by atoms with Gasteiger partial charge >= 0.3 is 0 Å². The lowest BCUT2D eigenvalue weighted by Gasteiger charge is -2.08. The Labute approximate surface area is 92.0 Å². The Morgan fingerprint density at radius 3 is 2.62 bits per heavy atom. The molecule has 0 fully saturated rings. The molecule has 1 aromatic rings. The van der Waals surface area contributed by atoms with Crippen LogP contribution in [0.4, 0.5) is 11.5 Å². The Kier molecular flexibility index (Phi) is 3.76. The first kappa shape index (κ1) is 11.9. The van der Waals surface area contributed by atoms with E-state index < -0.39 is 4.92 Å². The molecule has 0 aliphatic heterocycles. The fourth-order valence-electron chi connectivity index (χ4n) is 0.838. The maximum atomic E-state index is 11.2. The average Bonchev–Trinajstić information content (AvgIpc) is 2.26. The molecule has 16 heavy (non-hydrogen) atoms. The van der Waals surface area contributed by atoms with Crippen molar-refractivity contribution in [1.29, 1.82) is 0 Å². The van der Waals surface area contributed by atoms with E-state index >= 15 is 0 Å². The van der Waals surface area contributed by atoms with Gasteiger partial charge in [-0.25, -0.2) is 4.98 Å². The van der Waals surface area contributed by atoms with Crippen LogP contribution in [0.5, 0.6) is 0 Å². The molecule has 2 N–H and O–H groups in total. The SMILES string of the molecule is CC(C)C(=O)NNc1ccc([N+](=O)[O-])cn1. The number of aromatic nitrogens is 1. The van der Waals surface area contributed by atoms with E-state index in [-0.39, 0.29) is 17.5 Å². The second kappa shape index (κ2) is 5.06. The molecule has 0 saturated carbocycles. The van der Waals surface area contributed by atoms with Crippen LogP contribution in [0.15, 0.2) is 18.3 Å². The number of hydrogen-bond acceptors (Lipinski definition) is 5. The number of anilines is 1. The molecule has 0 aliphatic carbocycles. The second-order valence-electron chi connectivity index (χ2n) is 3.43. The van der Waals surface area contributed by atoms with Crippen LogP contribution in [0.2, 0.25) is 0 Å². The summed E-state index contributed by atoms with van der Waals surface area (Å²) in [6.07, 6.45) is 1.11. The molecule has 1 aromatic heterocycles. The summed E-state index contributed by atoms with van der Waals surface area (Å²) in [5, 5.41) is 10.3. The van der Waals surface area contributed by atoms with E-state index in [1.165, 1.54) is 12.1 Å². The molecular formula is C9H12N4O3. The highest BCUT2D eigenvalue weighted by atomic mass is 16.6. The van der Waals surface area contributed by atoms with Crippen molar-refractivity contribution in [3.8, 4) is 0 Å². The third-order valence-electron chi connectivity index (χ3n) is 1.80. The summed E-state index contributed by atoms with van der Waals surface area (Å²) >= 11 is 0. The molecule has 7 heteroatoms. The van der Waals surface area contributed by atoms with E-state index in [1.807, 2.05) is 0 Å². The minimum atomic E-state index is -0.538. The topological polar surface area (TPSA) is 97.2 Å². The third kappa shape index (κ3) is 3.19. The molecule has 0 spiro atoms. The summed E-state index contributed by atoms with van der Waals surface area (Å²) in [6, 6.07) is 2.72. The number of hydrazine groups is 1. The molecule has 0 aliphatic rings. The lowest BCUT2D eigenvalue weighted by molar-refractivity contribution is -0.385. The number of carbonyl (C=O) groups is 1. The molecule has 1 rings (SSSR count). The lowest BCUT2D eigenvalue weighted by Crippen LogP contribution is -2.33. The molecule has 0 radical (unpaired) electrons. The molecule has 86 valence electrons. The van der Waals surface area contributed by atoms with Gasteiger partial charge in [0.25, 0.3) is 5.69 Å². The van der Waals surface area contributed by atoms with Crippen LogP contribution in [-0.2, 0) is 4.79 Å². The van der Waals surface area contributed by atoms with Gasteiger partial charge in [0.15, 0.2) is 0 Å². The summed E-state index contributed by atoms with van der Waals surface area (Å²) < 4.78 is 0. The first-order valence-corrected chi connectivity index (χ1v) is 4.67. The highest BCUT2D eigenvalue weighted by molar-refractivity contribution is 5.78. The summed E-state index contributed by atoms with van der Waals surface area (Å²) in [6.45, 7) is 3.50. The van der Waals surface area contributed by atoms with Crippen LogP contribution in [0, 0.1) is 16.0 Å². The Balaban J connectivity index is 2.56. The minimum Gasteiger partial charge on any atom is -0.282 e. The number of carbonyl (C=O) groups excluding carboxylic acids is 1. The number of amides is 1. The lowest BCUT2D eigenvalue weighted by atomic mass is 10.2. The smallest absolute Gasteiger partial charge is 0.282 e. The summed E-state index contributed by atoms with van der Waals surface area (Å²) in [4.78, 5) is 24.8. The number of nitro groups is 1. The van der Waals surface area contributed by atoms with Gasteiger partial charge in [-0.2, -0.15) is 0 Å². The molecule has 0 bridgehead atoms. The summed E-state index contributed by atoms with van der Waals surface area (Å²) in [7, 11) is 0. The van der Waals surface area contributed by atoms with E-state index in [9.17, 15) is 14.9 Å². The molecular weight excluding hydrogens is 212 g/mol. The van der Waals surface area contributed by atoms with Gasteiger partial charge in [0.1, 0.15) is 12.0 Å². The van der Waals surface area contributed by atoms with E-state index in [4.69, 9.17) is 0 Å². The van der Waals surface area contributed by atoms with Gasteiger partial charge < -0.3 is 0 Å². The molecule has 0 unspecified atom stereocenters. The van der Waals surface area contributed by atoms with Gasteiger partial charge in [-0.1, -0.05) is 13.8 Å². The monoisotopic (exact) mass is 224 g/mol. The summed E-state index contributed by atoms with van der Waals surface area (Å²) in [5.74, 6) is 0.0188. The predicted octanol–water partition coefficient (Wildman–Crippen LogP) is 1.09. The average molecular weight is 224 g/mol. The standard InChI is InChI=1S/C9H12N4O3/c1-6(2)9(14)12-11-8-4-3-7(5-10-8)13(15)16/h3-6H,1-2H3,(H,10,11)(H,12,14). The first-order chi connectivity index (χ1) is 7.50. The number of nitrogens with zero attached hydrogens (tertiary/aromatic N) is 2. The number of pyridine rings is 1. The minimum absolute atomic E-state index is 0.0965. The van der Waals surface area contributed by atoms with E-state index in [0.29, 0.717) is 5.82 Å². The third-order valence-corrected chi connectivity index (χ3v) is 1.80. The van der Waals surface area contributed by atoms with Crippen LogP contribution in [0.1, 0.15) is 13.8 Å². The quantitative estimate of drug-likeness (QED) is 0.589. The molecule has 7 nitrogen and oxygen atoms in total. The predicted molar refractivity (Wildman–Crippen MR) is 57.5 cm³/mol. The Hall–Kier alpha value is -2.18. The fraction of sp³-hybridized carbons (Fsp3) is 0.333. The van der Waals surface area contributed by atoms with Crippen LogP contribution < -0.4 is 10.9 Å². The fourth-order valence-corrected chi connectivity index (χ4v) is 0.838. The molecule has 0 atom stereocenters. The van der Waals surface area contributed by atoms with Gasteiger partial charge in [-0.15, -0.1) is 0 Å². The van der Waals surface area contributed by atoms with Crippen molar-refractivity contribution in [2.75, 3.05) is 5.43 Å².